The Balaban J connectivity index is 2.45. The standard InChI is InChI=1S/C6H8N4O4S/c11-1-3(4(12)13)8-5(14)9-6-10-7-2-15-6/h2-3,11H,1H2,(H,12,13)(H2,8,9,10,14)/t3-/m1/s1. The molecule has 0 saturated heterocycles. The number of hydrogen-bond donors (Lipinski definition) is 4. The van der Waals surface area contributed by atoms with Crippen LogP contribution in [0.4, 0.5) is 9.93 Å². The maximum absolute atomic E-state index is 11.1. The molecule has 1 heterocycles. The van der Waals surface area contributed by atoms with Crippen LogP contribution < -0.4 is 10.6 Å². The van der Waals surface area contributed by atoms with Gasteiger partial charge in [-0.3, -0.25) is 5.32 Å². The summed E-state index contributed by atoms with van der Waals surface area (Å²) in [5, 5.41) is 28.7. The maximum Gasteiger partial charge on any atom is 0.328 e. The van der Waals surface area contributed by atoms with Crippen molar-refractivity contribution in [2.45, 2.75) is 6.04 Å². The number of carbonyl (C=O) groups excluding carboxylic acids is 1. The molecule has 0 spiro atoms. The molecule has 1 aromatic rings. The van der Waals surface area contributed by atoms with Crippen molar-refractivity contribution in [3.05, 3.63) is 5.51 Å². The first-order valence-electron chi connectivity index (χ1n) is 3.81. The van der Waals surface area contributed by atoms with Crippen molar-refractivity contribution in [3.8, 4) is 0 Å². The topological polar surface area (TPSA) is 124 Å². The zero-order chi connectivity index (χ0) is 11.3. The van der Waals surface area contributed by atoms with Crippen LogP contribution in [0.25, 0.3) is 0 Å². The molecule has 0 aliphatic carbocycles. The minimum atomic E-state index is -1.34. The second kappa shape index (κ2) is 5.22. The Morgan fingerprint density at radius 3 is 2.80 bits per heavy atom. The first-order chi connectivity index (χ1) is 7.13. The number of anilines is 1. The van der Waals surface area contributed by atoms with Crippen LogP contribution >= 0.6 is 11.3 Å². The van der Waals surface area contributed by atoms with Crippen LogP contribution in [0, 0.1) is 0 Å². The van der Waals surface area contributed by atoms with Gasteiger partial charge in [0.2, 0.25) is 5.13 Å². The predicted molar refractivity (Wildman–Crippen MR) is 50.6 cm³/mol. The van der Waals surface area contributed by atoms with Crippen LogP contribution in [0.3, 0.4) is 0 Å². The first kappa shape index (κ1) is 11.3. The number of urea groups is 1. The molecule has 82 valence electrons. The fourth-order valence-corrected chi connectivity index (χ4v) is 1.14. The van der Waals surface area contributed by atoms with Gasteiger partial charge < -0.3 is 15.5 Å². The van der Waals surface area contributed by atoms with Gasteiger partial charge in [-0.05, 0) is 0 Å². The third-order valence-corrected chi connectivity index (χ3v) is 1.97. The Labute approximate surface area is 88.0 Å². The lowest BCUT2D eigenvalue weighted by Gasteiger charge is -2.10. The van der Waals surface area contributed by atoms with Gasteiger partial charge in [0.15, 0.2) is 6.04 Å². The summed E-state index contributed by atoms with van der Waals surface area (Å²) in [6.45, 7) is -0.682. The van der Waals surface area contributed by atoms with Crippen molar-refractivity contribution in [2.24, 2.45) is 0 Å². The first-order valence-corrected chi connectivity index (χ1v) is 4.68. The lowest BCUT2D eigenvalue weighted by Crippen LogP contribution is -2.45. The molecule has 0 radical (unpaired) electrons. The number of aliphatic hydroxyl groups excluding tert-OH is 1. The molecular formula is C6H8N4O4S. The molecule has 15 heavy (non-hydrogen) atoms. The summed E-state index contributed by atoms with van der Waals surface area (Å²) in [5.41, 5.74) is 1.41. The van der Waals surface area contributed by atoms with Crippen molar-refractivity contribution in [1.29, 1.82) is 0 Å². The highest BCUT2D eigenvalue weighted by molar-refractivity contribution is 7.13. The number of carboxylic acids is 1. The van der Waals surface area contributed by atoms with Crippen LogP contribution in [0.2, 0.25) is 0 Å². The zero-order valence-electron chi connectivity index (χ0n) is 7.38. The highest BCUT2D eigenvalue weighted by Crippen LogP contribution is 2.07. The molecule has 0 fully saturated rings. The highest BCUT2D eigenvalue weighted by atomic mass is 32.1. The van der Waals surface area contributed by atoms with Gasteiger partial charge in [0.1, 0.15) is 5.51 Å². The van der Waals surface area contributed by atoms with E-state index in [1.54, 1.807) is 0 Å². The molecule has 0 aliphatic rings. The monoisotopic (exact) mass is 232 g/mol. The summed E-state index contributed by atoms with van der Waals surface area (Å²) < 4.78 is 0. The van der Waals surface area contributed by atoms with Gasteiger partial charge in [-0.1, -0.05) is 11.3 Å². The van der Waals surface area contributed by atoms with Gasteiger partial charge in [-0.15, -0.1) is 10.2 Å². The van der Waals surface area contributed by atoms with E-state index in [1.165, 1.54) is 5.51 Å². The molecule has 1 atom stereocenters. The van der Waals surface area contributed by atoms with E-state index >= 15 is 0 Å². The number of carboxylic acid groups (broad SMARTS) is 1. The molecule has 8 nitrogen and oxygen atoms in total. The Kier molecular flexibility index (Phi) is 3.94. The van der Waals surface area contributed by atoms with Gasteiger partial charge >= 0.3 is 12.0 Å². The maximum atomic E-state index is 11.1. The van der Waals surface area contributed by atoms with Gasteiger partial charge in [0.25, 0.3) is 0 Å². The van der Waals surface area contributed by atoms with Gasteiger partial charge in [0.05, 0.1) is 6.61 Å². The zero-order valence-corrected chi connectivity index (χ0v) is 8.19. The average molecular weight is 232 g/mol. The van der Waals surface area contributed by atoms with Gasteiger partial charge in [0, 0.05) is 0 Å². The van der Waals surface area contributed by atoms with E-state index in [2.05, 4.69) is 15.5 Å². The number of aliphatic carboxylic acids is 1. The summed E-state index contributed by atoms with van der Waals surface area (Å²) in [7, 11) is 0. The lowest BCUT2D eigenvalue weighted by molar-refractivity contribution is -0.140. The van der Waals surface area contributed by atoms with Crippen LogP contribution in [-0.2, 0) is 4.79 Å². The lowest BCUT2D eigenvalue weighted by atomic mass is 10.3. The molecule has 9 heteroatoms. The third-order valence-electron chi connectivity index (χ3n) is 1.37. The number of amides is 2. The third kappa shape index (κ3) is 3.48. The molecule has 0 saturated carbocycles. The average Bonchev–Trinajstić information content (AvgIpc) is 2.66. The number of aliphatic hydroxyl groups is 1. The van der Waals surface area contributed by atoms with Crippen LogP contribution in [0.5, 0.6) is 0 Å². The number of rotatable bonds is 4. The highest BCUT2D eigenvalue weighted by Gasteiger charge is 2.18. The number of carbonyl (C=O) groups is 2. The minimum Gasteiger partial charge on any atom is -0.480 e. The normalized spacial score (nSPS) is 11.8. The van der Waals surface area contributed by atoms with Crippen molar-refractivity contribution < 1.29 is 19.8 Å². The molecule has 0 unspecified atom stereocenters. The van der Waals surface area contributed by atoms with Crippen molar-refractivity contribution in [3.63, 3.8) is 0 Å². The second-order valence-electron chi connectivity index (χ2n) is 2.42. The van der Waals surface area contributed by atoms with E-state index in [9.17, 15) is 9.59 Å². The number of nitrogens with zero attached hydrogens (tertiary/aromatic N) is 2. The van der Waals surface area contributed by atoms with E-state index in [1.807, 2.05) is 5.32 Å². The van der Waals surface area contributed by atoms with Gasteiger partial charge in [-0.25, -0.2) is 9.59 Å². The van der Waals surface area contributed by atoms with Gasteiger partial charge in [-0.2, -0.15) is 0 Å². The van der Waals surface area contributed by atoms with E-state index in [-0.39, 0.29) is 5.13 Å². The Hall–Kier alpha value is -1.74. The molecule has 4 N–H and O–H groups in total. The molecular weight excluding hydrogens is 224 g/mol. The summed E-state index contributed by atoms with van der Waals surface area (Å²) >= 11 is 1.09. The largest absolute Gasteiger partial charge is 0.480 e. The van der Waals surface area contributed by atoms with Crippen LogP contribution in [0.1, 0.15) is 0 Å². The molecule has 0 aliphatic heterocycles. The smallest absolute Gasteiger partial charge is 0.328 e. The molecule has 1 rings (SSSR count). The number of aromatic nitrogens is 2. The quantitative estimate of drug-likeness (QED) is 0.533. The van der Waals surface area contributed by atoms with Crippen LogP contribution in [-0.4, -0.2) is 45.1 Å². The minimum absolute atomic E-state index is 0.245. The van der Waals surface area contributed by atoms with Crippen molar-refractivity contribution >= 4 is 28.5 Å². The van der Waals surface area contributed by atoms with E-state index in [0.29, 0.717) is 0 Å². The Bertz CT molecular complexity index is 341. The molecule has 2 amide bonds. The Morgan fingerprint density at radius 1 is 1.60 bits per heavy atom. The fraction of sp³-hybridized carbons (Fsp3) is 0.333. The van der Waals surface area contributed by atoms with E-state index in [0.717, 1.165) is 11.3 Å². The summed E-state index contributed by atoms with van der Waals surface area (Å²) in [6, 6.07) is -2.09. The van der Waals surface area contributed by atoms with E-state index < -0.39 is 24.6 Å². The molecule has 0 bridgehead atoms. The number of nitrogens with one attached hydrogen (secondary N) is 2. The summed E-state index contributed by atoms with van der Waals surface area (Å²) in [6.07, 6.45) is 0. The van der Waals surface area contributed by atoms with E-state index in [4.69, 9.17) is 10.2 Å². The second-order valence-corrected chi connectivity index (χ2v) is 3.25. The fourth-order valence-electron chi connectivity index (χ4n) is 0.704. The Morgan fingerprint density at radius 2 is 2.33 bits per heavy atom. The molecule has 0 aromatic carbocycles. The number of hydrogen-bond acceptors (Lipinski definition) is 6. The summed E-state index contributed by atoms with van der Waals surface area (Å²) in [5.74, 6) is -1.31. The summed E-state index contributed by atoms with van der Waals surface area (Å²) in [4.78, 5) is 21.6. The van der Waals surface area contributed by atoms with Crippen molar-refractivity contribution in [2.75, 3.05) is 11.9 Å². The van der Waals surface area contributed by atoms with Crippen molar-refractivity contribution in [1.82, 2.24) is 15.5 Å². The predicted octanol–water partition coefficient (Wildman–Crippen LogP) is -0.895. The SMILES string of the molecule is O=C(Nc1nncs1)N[C@H](CO)C(=O)O. The molecule has 1 aromatic heterocycles. The van der Waals surface area contributed by atoms with Crippen LogP contribution in [0.15, 0.2) is 5.51 Å².